The second-order valence-electron chi connectivity index (χ2n) is 4.73. The summed E-state index contributed by atoms with van der Waals surface area (Å²) in [7, 11) is 1.49. The van der Waals surface area contributed by atoms with E-state index in [2.05, 4.69) is 0 Å². The van der Waals surface area contributed by atoms with Crippen molar-refractivity contribution in [3.8, 4) is 0 Å². The number of carboxylic acid groups (broad SMARTS) is 1. The van der Waals surface area contributed by atoms with Crippen LogP contribution < -0.4 is 0 Å². The number of carbonyl (C=O) groups is 1. The lowest BCUT2D eigenvalue weighted by atomic mass is 9.85. The smallest absolute Gasteiger partial charge is 0.332 e. The lowest BCUT2D eigenvalue weighted by molar-refractivity contribution is -0.149. The number of carboxylic acids is 1. The summed E-state index contributed by atoms with van der Waals surface area (Å²) in [4.78, 5) is 10.8. The zero-order valence-electron chi connectivity index (χ0n) is 8.61. The van der Waals surface area contributed by atoms with E-state index in [1.54, 1.807) is 0 Å². The van der Waals surface area contributed by atoms with E-state index in [1.165, 1.54) is 32.8 Å². The van der Waals surface area contributed by atoms with Gasteiger partial charge in [-0.2, -0.15) is 0 Å². The van der Waals surface area contributed by atoms with Crippen LogP contribution in [0.1, 0.15) is 32.1 Å². The summed E-state index contributed by atoms with van der Waals surface area (Å²) in [5, 5.41) is 8.88. The second-order valence-corrected chi connectivity index (χ2v) is 4.73. The number of rotatable bonds is 4. The van der Waals surface area contributed by atoms with Gasteiger partial charge < -0.3 is 9.84 Å². The van der Waals surface area contributed by atoms with Gasteiger partial charge in [0.15, 0.2) is 6.10 Å². The third-order valence-corrected chi connectivity index (χ3v) is 3.96. The molecule has 1 N–H and O–H groups in total. The highest BCUT2D eigenvalue weighted by atomic mass is 16.5. The molecule has 0 heterocycles. The SMILES string of the molecule is COC(CC1CC2CCC1C2)C(=O)O. The average molecular weight is 198 g/mol. The minimum absolute atomic E-state index is 0.584. The van der Waals surface area contributed by atoms with E-state index < -0.39 is 12.1 Å². The van der Waals surface area contributed by atoms with Crippen molar-refractivity contribution in [1.82, 2.24) is 0 Å². The first-order valence-corrected chi connectivity index (χ1v) is 5.46. The van der Waals surface area contributed by atoms with Crippen LogP contribution in [0.15, 0.2) is 0 Å². The Labute approximate surface area is 84.4 Å². The van der Waals surface area contributed by atoms with E-state index in [9.17, 15) is 4.79 Å². The molecular formula is C11H18O3. The second kappa shape index (κ2) is 3.89. The van der Waals surface area contributed by atoms with Crippen LogP contribution in [-0.4, -0.2) is 24.3 Å². The first kappa shape index (κ1) is 9.97. The molecule has 3 nitrogen and oxygen atoms in total. The topological polar surface area (TPSA) is 46.5 Å². The minimum Gasteiger partial charge on any atom is -0.479 e. The molecule has 14 heavy (non-hydrogen) atoms. The Kier molecular flexibility index (Phi) is 2.77. The normalized spacial score (nSPS) is 37.4. The van der Waals surface area contributed by atoms with Crippen molar-refractivity contribution < 1.29 is 14.6 Å². The summed E-state index contributed by atoms with van der Waals surface area (Å²) in [6.07, 6.45) is 5.38. The van der Waals surface area contributed by atoms with E-state index in [0.717, 1.165) is 11.8 Å². The summed E-state index contributed by atoms with van der Waals surface area (Å²) in [6.45, 7) is 0. The summed E-state index contributed by atoms with van der Waals surface area (Å²) < 4.78 is 4.98. The van der Waals surface area contributed by atoms with E-state index >= 15 is 0 Å². The Morgan fingerprint density at radius 3 is 2.71 bits per heavy atom. The van der Waals surface area contributed by atoms with Gasteiger partial charge >= 0.3 is 5.97 Å². The zero-order chi connectivity index (χ0) is 10.1. The Hall–Kier alpha value is -0.570. The summed E-state index contributed by atoms with van der Waals surface area (Å²) in [6, 6.07) is 0. The van der Waals surface area contributed by atoms with Gasteiger partial charge in [-0.15, -0.1) is 0 Å². The fourth-order valence-corrected chi connectivity index (χ4v) is 3.24. The van der Waals surface area contributed by atoms with Crippen LogP contribution in [0.25, 0.3) is 0 Å². The van der Waals surface area contributed by atoms with Crippen molar-refractivity contribution in [3.63, 3.8) is 0 Å². The Balaban J connectivity index is 1.88. The van der Waals surface area contributed by atoms with Gasteiger partial charge in [-0.25, -0.2) is 4.79 Å². The molecule has 0 radical (unpaired) electrons. The van der Waals surface area contributed by atoms with Crippen LogP contribution in [0.2, 0.25) is 0 Å². The van der Waals surface area contributed by atoms with Gasteiger partial charge in [-0.1, -0.05) is 6.42 Å². The van der Waals surface area contributed by atoms with Crippen molar-refractivity contribution in [2.45, 2.75) is 38.2 Å². The molecule has 0 saturated heterocycles. The van der Waals surface area contributed by atoms with Crippen molar-refractivity contribution >= 4 is 5.97 Å². The fourth-order valence-electron chi connectivity index (χ4n) is 3.24. The molecule has 0 spiro atoms. The van der Waals surface area contributed by atoms with Gasteiger partial charge in [0.25, 0.3) is 0 Å². The van der Waals surface area contributed by atoms with Crippen molar-refractivity contribution in [2.75, 3.05) is 7.11 Å². The first-order valence-electron chi connectivity index (χ1n) is 5.46. The summed E-state index contributed by atoms with van der Waals surface area (Å²) >= 11 is 0. The van der Waals surface area contributed by atoms with Gasteiger partial charge in [0, 0.05) is 7.11 Å². The third kappa shape index (κ3) is 1.78. The molecule has 0 aromatic carbocycles. The average Bonchev–Trinajstić information content (AvgIpc) is 2.74. The highest BCUT2D eigenvalue weighted by Crippen LogP contribution is 2.49. The fraction of sp³-hybridized carbons (Fsp3) is 0.909. The van der Waals surface area contributed by atoms with Crippen LogP contribution in [0, 0.1) is 17.8 Å². The van der Waals surface area contributed by atoms with Crippen LogP contribution in [0.4, 0.5) is 0 Å². The highest BCUT2D eigenvalue weighted by Gasteiger charge is 2.41. The Morgan fingerprint density at radius 2 is 2.29 bits per heavy atom. The van der Waals surface area contributed by atoms with Crippen LogP contribution in [0.5, 0.6) is 0 Å². The number of methoxy groups -OCH3 is 1. The lowest BCUT2D eigenvalue weighted by Gasteiger charge is -2.23. The molecule has 0 aromatic heterocycles. The van der Waals surface area contributed by atoms with Gasteiger partial charge in [0.05, 0.1) is 0 Å². The van der Waals surface area contributed by atoms with Gasteiger partial charge in [0.2, 0.25) is 0 Å². The maximum absolute atomic E-state index is 10.8. The van der Waals surface area contributed by atoms with Crippen molar-refractivity contribution in [1.29, 1.82) is 0 Å². The molecule has 2 saturated carbocycles. The summed E-state index contributed by atoms with van der Waals surface area (Å²) in [5.41, 5.74) is 0. The zero-order valence-corrected chi connectivity index (χ0v) is 8.61. The molecule has 2 aliphatic rings. The molecule has 3 heteroatoms. The number of hydrogen-bond donors (Lipinski definition) is 1. The van der Waals surface area contributed by atoms with Gasteiger partial charge in [-0.05, 0) is 43.4 Å². The van der Waals surface area contributed by atoms with E-state index in [4.69, 9.17) is 9.84 Å². The third-order valence-electron chi connectivity index (χ3n) is 3.96. The largest absolute Gasteiger partial charge is 0.479 e. The van der Waals surface area contributed by atoms with Crippen LogP contribution in [0.3, 0.4) is 0 Å². The van der Waals surface area contributed by atoms with Crippen molar-refractivity contribution in [3.05, 3.63) is 0 Å². The van der Waals surface area contributed by atoms with E-state index in [-0.39, 0.29) is 0 Å². The predicted octanol–water partition coefficient (Wildman–Crippen LogP) is 1.91. The number of hydrogen-bond acceptors (Lipinski definition) is 2. The minimum atomic E-state index is -0.810. The Morgan fingerprint density at radius 1 is 1.50 bits per heavy atom. The molecule has 80 valence electrons. The highest BCUT2D eigenvalue weighted by molar-refractivity contribution is 5.72. The van der Waals surface area contributed by atoms with Crippen LogP contribution in [-0.2, 0) is 9.53 Å². The molecule has 0 amide bonds. The molecule has 0 aromatic rings. The maximum atomic E-state index is 10.8. The predicted molar refractivity (Wildman–Crippen MR) is 52.0 cm³/mol. The summed E-state index contributed by atoms with van der Waals surface area (Å²) in [5.74, 6) is 1.47. The standard InChI is InChI=1S/C11H18O3/c1-14-10(11(12)13)6-9-5-7-2-3-8(9)4-7/h7-10H,2-6H2,1H3,(H,12,13). The van der Waals surface area contributed by atoms with E-state index in [0.29, 0.717) is 12.3 Å². The molecule has 2 bridgehead atoms. The molecule has 4 atom stereocenters. The maximum Gasteiger partial charge on any atom is 0.332 e. The number of ether oxygens (including phenoxy) is 1. The van der Waals surface area contributed by atoms with Gasteiger partial charge in [0.1, 0.15) is 0 Å². The van der Waals surface area contributed by atoms with E-state index in [1.807, 2.05) is 0 Å². The Bertz CT molecular complexity index is 227. The van der Waals surface area contributed by atoms with Gasteiger partial charge in [-0.3, -0.25) is 0 Å². The monoisotopic (exact) mass is 198 g/mol. The molecular weight excluding hydrogens is 180 g/mol. The lowest BCUT2D eigenvalue weighted by Crippen LogP contribution is -2.27. The molecule has 4 unspecified atom stereocenters. The number of fused-ring (bicyclic) bond motifs is 2. The molecule has 2 fully saturated rings. The quantitative estimate of drug-likeness (QED) is 0.750. The first-order chi connectivity index (χ1) is 6.70. The number of aliphatic carboxylic acids is 1. The van der Waals surface area contributed by atoms with Crippen molar-refractivity contribution in [2.24, 2.45) is 17.8 Å². The molecule has 0 aliphatic heterocycles. The van der Waals surface area contributed by atoms with Crippen LogP contribution >= 0.6 is 0 Å². The molecule has 2 aliphatic carbocycles. The molecule has 2 rings (SSSR count).